The molecule has 6 nitrogen and oxygen atoms in total. The number of H-pyrrole nitrogens is 1. The first kappa shape index (κ1) is 18.2. The number of carbonyl (C=O) groups excluding carboxylic acids is 2. The topological polar surface area (TPSA) is 92.2 Å². The number of rotatable bonds is 6. The van der Waals surface area contributed by atoms with Crippen molar-refractivity contribution in [2.45, 2.75) is 26.1 Å². The van der Waals surface area contributed by atoms with E-state index in [4.69, 9.17) is 14.7 Å². The average molecular weight is 362 g/mol. The number of benzene rings is 2. The summed E-state index contributed by atoms with van der Waals surface area (Å²) in [6, 6.07) is 15.8. The van der Waals surface area contributed by atoms with Gasteiger partial charge in [-0.1, -0.05) is 18.2 Å². The van der Waals surface area contributed by atoms with Crippen molar-refractivity contribution < 1.29 is 19.1 Å². The van der Waals surface area contributed by atoms with Crippen LogP contribution in [-0.2, 0) is 9.53 Å². The molecule has 3 rings (SSSR count). The van der Waals surface area contributed by atoms with Crippen molar-refractivity contribution in [1.82, 2.24) is 4.98 Å². The summed E-state index contributed by atoms with van der Waals surface area (Å²) in [6.07, 6.45) is -0.214. The number of nitrogens with one attached hydrogen (secondary N) is 1. The Morgan fingerprint density at radius 1 is 1.04 bits per heavy atom. The maximum absolute atomic E-state index is 12.6. The van der Waals surface area contributed by atoms with E-state index in [1.165, 1.54) is 6.92 Å². The molecule has 1 N–H and O–H groups in total. The monoisotopic (exact) mass is 362 g/mol. The number of nitriles is 1. The molecule has 2 atom stereocenters. The van der Waals surface area contributed by atoms with Crippen LogP contribution >= 0.6 is 0 Å². The fourth-order valence-corrected chi connectivity index (χ4v) is 2.68. The second-order valence-electron chi connectivity index (χ2n) is 6.09. The van der Waals surface area contributed by atoms with E-state index in [9.17, 15) is 9.59 Å². The number of ketones is 1. The fraction of sp³-hybridized carbons (Fsp3) is 0.190. The van der Waals surface area contributed by atoms with Crippen LogP contribution in [0.1, 0.15) is 29.8 Å². The minimum atomic E-state index is -0.941. The van der Waals surface area contributed by atoms with Crippen molar-refractivity contribution in [1.29, 1.82) is 5.26 Å². The molecule has 0 bridgehead atoms. The number of Topliss-reactive ketones (excluding diaryl/α,β-unsaturated/α-hetero) is 1. The zero-order valence-electron chi connectivity index (χ0n) is 14.9. The number of aromatic amines is 1. The third-order valence-corrected chi connectivity index (χ3v) is 4.15. The minimum Gasteiger partial charge on any atom is -0.479 e. The van der Waals surface area contributed by atoms with Crippen LogP contribution in [0, 0.1) is 11.3 Å². The third-order valence-electron chi connectivity index (χ3n) is 4.15. The van der Waals surface area contributed by atoms with Gasteiger partial charge in [-0.2, -0.15) is 5.26 Å². The quantitative estimate of drug-likeness (QED) is 0.534. The van der Waals surface area contributed by atoms with Gasteiger partial charge in [0.05, 0.1) is 11.6 Å². The molecule has 0 aliphatic heterocycles. The van der Waals surface area contributed by atoms with Crippen LogP contribution in [0.25, 0.3) is 10.9 Å². The molecule has 2 aromatic carbocycles. The number of nitrogens with zero attached hydrogens (tertiary/aromatic N) is 1. The van der Waals surface area contributed by atoms with Crippen molar-refractivity contribution in [2.24, 2.45) is 0 Å². The van der Waals surface area contributed by atoms with Gasteiger partial charge in [-0.3, -0.25) is 4.79 Å². The van der Waals surface area contributed by atoms with Crippen LogP contribution in [0.15, 0.2) is 54.7 Å². The molecule has 3 aromatic rings. The molecular formula is C21H18N2O4. The second kappa shape index (κ2) is 7.75. The number of carbonyl (C=O) groups is 2. The number of para-hydroxylation sites is 1. The van der Waals surface area contributed by atoms with E-state index in [0.29, 0.717) is 16.9 Å². The van der Waals surface area contributed by atoms with E-state index >= 15 is 0 Å². The molecule has 27 heavy (non-hydrogen) atoms. The van der Waals surface area contributed by atoms with Crippen molar-refractivity contribution >= 4 is 22.7 Å². The van der Waals surface area contributed by atoms with Gasteiger partial charge in [-0.25, -0.2) is 4.79 Å². The lowest BCUT2D eigenvalue weighted by atomic mass is 10.1. The maximum Gasteiger partial charge on any atom is 0.347 e. The highest BCUT2D eigenvalue weighted by Gasteiger charge is 2.25. The Kier molecular flexibility index (Phi) is 5.23. The Bertz CT molecular complexity index is 1010. The van der Waals surface area contributed by atoms with E-state index in [-0.39, 0.29) is 5.78 Å². The number of hydrogen-bond donors (Lipinski definition) is 1. The van der Waals surface area contributed by atoms with Crippen LogP contribution in [-0.4, -0.2) is 28.9 Å². The lowest BCUT2D eigenvalue weighted by Gasteiger charge is -2.17. The molecule has 0 saturated heterocycles. The van der Waals surface area contributed by atoms with Crippen molar-refractivity contribution in [3.05, 3.63) is 65.9 Å². The summed E-state index contributed by atoms with van der Waals surface area (Å²) in [5, 5.41) is 9.58. The van der Waals surface area contributed by atoms with E-state index in [0.717, 1.165) is 10.9 Å². The van der Waals surface area contributed by atoms with Crippen molar-refractivity contribution in [3.63, 3.8) is 0 Å². The SMILES string of the molecule is CC(Oc1ccc(C#N)cc1)C(=O)OC(C)C(=O)c1c[nH]c2ccccc12. The fourth-order valence-electron chi connectivity index (χ4n) is 2.68. The largest absolute Gasteiger partial charge is 0.479 e. The summed E-state index contributed by atoms with van der Waals surface area (Å²) in [5.74, 6) is -0.486. The first-order valence-corrected chi connectivity index (χ1v) is 8.47. The Morgan fingerprint density at radius 2 is 1.74 bits per heavy atom. The lowest BCUT2D eigenvalue weighted by Crippen LogP contribution is -2.32. The summed E-state index contributed by atoms with van der Waals surface area (Å²) in [6.45, 7) is 3.08. The summed E-state index contributed by atoms with van der Waals surface area (Å²) in [7, 11) is 0. The number of esters is 1. The Hall–Kier alpha value is -3.59. The molecule has 136 valence electrons. The minimum absolute atomic E-state index is 0.286. The van der Waals surface area contributed by atoms with Gasteiger partial charge < -0.3 is 14.5 Å². The number of ether oxygens (including phenoxy) is 2. The van der Waals surface area contributed by atoms with Gasteiger partial charge in [-0.05, 0) is 44.2 Å². The first-order chi connectivity index (χ1) is 13.0. The summed E-state index contributed by atoms with van der Waals surface area (Å²) in [4.78, 5) is 27.9. The Morgan fingerprint density at radius 3 is 2.44 bits per heavy atom. The second-order valence-corrected chi connectivity index (χ2v) is 6.09. The maximum atomic E-state index is 12.6. The van der Waals surface area contributed by atoms with Crippen LogP contribution in [0.5, 0.6) is 5.75 Å². The van der Waals surface area contributed by atoms with E-state index < -0.39 is 18.2 Å². The van der Waals surface area contributed by atoms with Crippen LogP contribution in [0.4, 0.5) is 0 Å². The predicted molar refractivity (Wildman–Crippen MR) is 99.4 cm³/mol. The summed E-state index contributed by atoms with van der Waals surface area (Å²) < 4.78 is 10.8. The molecule has 0 fully saturated rings. The van der Waals surface area contributed by atoms with Gasteiger partial charge >= 0.3 is 5.97 Å². The van der Waals surface area contributed by atoms with Crippen molar-refractivity contribution in [2.75, 3.05) is 0 Å². The van der Waals surface area contributed by atoms with E-state index in [2.05, 4.69) is 4.98 Å². The van der Waals surface area contributed by atoms with Gasteiger partial charge in [0.25, 0.3) is 0 Å². The van der Waals surface area contributed by atoms with Gasteiger partial charge in [-0.15, -0.1) is 0 Å². The first-order valence-electron chi connectivity index (χ1n) is 8.47. The molecule has 1 heterocycles. The number of fused-ring (bicyclic) bond motifs is 1. The number of aromatic nitrogens is 1. The van der Waals surface area contributed by atoms with Gasteiger partial charge in [0.1, 0.15) is 5.75 Å². The van der Waals surface area contributed by atoms with Crippen molar-refractivity contribution in [3.8, 4) is 11.8 Å². The zero-order valence-corrected chi connectivity index (χ0v) is 14.9. The standard InChI is InChI=1S/C21H18N2O4/c1-13(20(24)18-12-23-19-6-4-3-5-17(18)19)27-21(25)14(2)26-16-9-7-15(11-22)8-10-16/h3-10,12-14,23H,1-2H3. The van der Waals surface area contributed by atoms with Gasteiger partial charge in [0.15, 0.2) is 12.2 Å². The van der Waals surface area contributed by atoms with Crippen LogP contribution in [0.2, 0.25) is 0 Å². The lowest BCUT2D eigenvalue weighted by molar-refractivity contribution is -0.153. The predicted octanol–water partition coefficient (Wildman–Crippen LogP) is 3.62. The van der Waals surface area contributed by atoms with Gasteiger partial charge in [0, 0.05) is 22.7 Å². The molecule has 0 radical (unpaired) electrons. The third kappa shape index (κ3) is 3.98. The highest BCUT2D eigenvalue weighted by molar-refractivity contribution is 6.10. The Labute approximate surface area is 156 Å². The van der Waals surface area contributed by atoms with E-state index in [1.807, 2.05) is 30.3 Å². The molecule has 0 aliphatic rings. The van der Waals surface area contributed by atoms with Gasteiger partial charge in [0.2, 0.25) is 5.78 Å². The van der Waals surface area contributed by atoms with Crippen LogP contribution < -0.4 is 4.74 Å². The molecule has 0 saturated carbocycles. The molecular weight excluding hydrogens is 344 g/mol. The Balaban J connectivity index is 1.63. The zero-order chi connectivity index (χ0) is 19.4. The van der Waals surface area contributed by atoms with Crippen LogP contribution in [0.3, 0.4) is 0 Å². The number of hydrogen-bond acceptors (Lipinski definition) is 5. The molecule has 0 aliphatic carbocycles. The summed E-state index contributed by atoms with van der Waals surface area (Å²) in [5.41, 5.74) is 1.82. The summed E-state index contributed by atoms with van der Waals surface area (Å²) >= 11 is 0. The average Bonchev–Trinajstić information content (AvgIpc) is 3.12. The highest BCUT2D eigenvalue weighted by Crippen LogP contribution is 2.20. The molecule has 2 unspecified atom stereocenters. The smallest absolute Gasteiger partial charge is 0.347 e. The molecule has 0 spiro atoms. The van der Waals surface area contributed by atoms with E-state index in [1.54, 1.807) is 37.4 Å². The highest BCUT2D eigenvalue weighted by atomic mass is 16.6. The molecule has 6 heteroatoms. The normalized spacial score (nSPS) is 12.8. The molecule has 0 amide bonds. The molecule has 1 aromatic heterocycles.